The fourth-order valence-corrected chi connectivity index (χ4v) is 6.71. The molecule has 242 valence electrons. The van der Waals surface area contributed by atoms with E-state index in [-0.39, 0.29) is 0 Å². The van der Waals surface area contributed by atoms with Crippen LogP contribution in [0.3, 0.4) is 0 Å². The maximum absolute atomic E-state index is 2.52. The van der Waals surface area contributed by atoms with Crippen molar-refractivity contribution in [1.82, 2.24) is 0 Å². The van der Waals surface area contributed by atoms with Gasteiger partial charge in [-0.05, 0) is 17.8 Å². The van der Waals surface area contributed by atoms with Gasteiger partial charge in [-0.1, -0.05) is 240 Å². The van der Waals surface area contributed by atoms with Gasteiger partial charge in [0.15, 0.2) is 0 Å². The van der Waals surface area contributed by atoms with Crippen molar-refractivity contribution in [3.8, 4) is 0 Å². The summed E-state index contributed by atoms with van der Waals surface area (Å²) in [5, 5.41) is 0. The molecule has 0 amide bonds. The van der Waals surface area contributed by atoms with Crippen LogP contribution < -0.4 is 0 Å². The summed E-state index contributed by atoms with van der Waals surface area (Å²) >= 11 is 0. The molecular formula is C40H82. The van der Waals surface area contributed by atoms with Crippen LogP contribution in [0, 0.1) is 17.8 Å². The third-order valence-corrected chi connectivity index (χ3v) is 9.89. The highest BCUT2D eigenvalue weighted by atomic mass is 14.1. The highest BCUT2D eigenvalue weighted by Gasteiger charge is 2.06. The molecule has 0 aromatic carbocycles. The van der Waals surface area contributed by atoms with Crippen LogP contribution in [0.25, 0.3) is 0 Å². The van der Waals surface area contributed by atoms with Crippen molar-refractivity contribution in [2.24, 2.45) is 17.8 Å². The fourth-order valence-electron chi connectivity index (χ4n) is 6.71. The van der Waals surface area contributed by atoms with Crippen molar-refractivity contribution in [2.45, 2.75) is 240 Å². The highest BCUT2D eigenvalue weighted by Crippen LogP contribution is 2.22. The zero-order valence-electron chi connectivity index (χ0n) is 29.4. The molecule has 0 nitrogen and oxygen atoms in total. The summed E-state index contributed by atoms with van der Waals surface area (Å²) in [5.74, 6) is 2.86. The Hall–Kier alpha value is 0. The molecule has 0 bridgehead atoms. The van der Waals surface area contributed by atoms with E-state index in [1.54, 1.807) is 0 Å². The predicted molar refractivity (Wildman–Crippen MR) is 187 cm³/mol. The molecule has 0 rings (SSSR count). The van der Waals surface area contributed by atoms with Gasteiger partial charge in [-0.25, -0.2) is 0 Å². The number of hydrogen-bond donors (Lipinski definition) is 0. The minimum absolute atomic E-state index is 0.951. The third kappa shape index (κ3) is 32.5. The second kappa shape index (κ2) is 33.5. The van der Waals surface area contributed by atoms with Crippen LogP contribution in [0.2, 0.25) is 0 Å². The van der Waals surface area contributed by atoms with Crippen molar-refractivity contribution < 1.29 is 0 Å². The van der Waals surface area contributed by atoms with Crippen LogP contribution in [0.4, 0.5) is 0 Å². The van der Waals surface area contributed by atoms with Crippen molar-refractivity contribution in [2.75, 3.05) is 0 Å². The molecule has 0 aromatic heterocycles. The van der Waals surface area contributed by atoms with E-state index in [0.717, 1.165) is 17.8 Å². The van der Waals surface area contributed by atoms with E-state index in [2.05, 4.69) is 34.6 Å². The van der Waals surface area contributed by atoms with Gasteiger partial charge in [0.25, 0.3) is 0 Å². The average Bonchev–Trinajstić information content (AvgIpc) is 2.94. The Morgan fingerprint density at radius 1 is 0.225 bits per heavy atom. The molecule has 40 heavy (non-hydrogen) atoms. The summed E-state index contributed by atoms with van der Waals surface area (Å²) in [5.41, 5.74) is 0. The summed E-state index contributed by atoms with van der Waals surface area (Å²) in [6, 6.07) is 0. The maximum atomic E-state index is 2.52. The molecule has 0 saturated heterocycles. The monoisotopic (exact) mass is 563 g/mol. The minimum Gasteiger partial charge on any atom is -0.0654 e. The molecule has 0 N–H and O–H groups in total. The van der Waals surface area contributed by atoms with Crippen LogP contribution in [0.5, 0.6) is 0 Å². The SMILES string of the molecule is CCCCCCCCCCCCCCCCCCC(C)CCCC(C)CCCCCCCCCC(C)CCCC. The molecule has 0 heterocycles. The Labute approximate surface area is 257 Å². The number of unbranched alkanes of at least 4 members (excludes halogenated alkanes) is 22. The van der Waals surface area contributed by atoms with Crippen molar-refractivity contribution in [1.29, 1.82) is 0 Å². The second-order valence-corrected chi connectivity index (χ2v) is 14.5. The molecule has 0 aliphatic rings. The third-order valence-electron chi connectivity index (χ3n) is 9.89. The van der Waals surface area contributed by atoms with Gasteiger partial charge in [-0.15, -0.1) is 0 Å². The number of hydrogen-bond acceptors (Lipinski definition) is 0. The smallest absolute Gasteiger partial charge is 0.0443 e. The normalized spacial score (nSPS) is 14.0. The average molecular weight is 563 g/mol. The first-order valence-electron chi connectivity index (χ1n) is 19.6. The topological polar surface area (TPSA) is 0 Å². The van der Waals surface area contributed by atoms with Crippen LogP contribution in [-0.2, 0) is 0 Å². The van der Waals surface area contributed by atoms with E-state index in [1.165, 1.54) is 205 Å². The predicted octanol–water partition coefficient (Wildman–Crippen LogP) is 15.4. The van der Waals surface area contributed by atoms with E-state index in [0.29, 0.717) is 0 Å². The molecule has 0 aliphatic heterocycles. The lowest BCUT2D eigenvalue weighted by Crippen LogP contribution is -1.99. The first-order valence-corrected chi connectivity index (χ1v) is 19.6. The molecule has 0 aromatic rings. The van der Waals surface area contributed by atoms with Crippen LogP contribution >= 0.6 is 0 Å². The lowest BCUT2D eigenvalue weighted by atomic mass is 9.92. The van der Waals surface area contributed by atoms with Gasteiger partial charge in [0.05, 0.1) is 0 Å². The molecule has 0 saturated carbocycles. The summed E-state index contributed by atoms with van der Waals surface area (Å²) in [7, 11) is 0. The Morgan fingerprint density at radius 2 is 0.425 bits per heavy atom. The standard InChI is InChI=1S/C40H82/c1-6-8-10-11-12-13-14-15-16-17-18-19-20-22-25-29-34-39(4)36-31-37-40(5)35-30-27-24-21-23-26-28-33-38(3)32-9-7-2/h38-40H,6-37H2,1-5H3. The lowest BCUT2D eigenvalue weighted by Gasteiger charge is -2.14. The molecular weight excluding hydrogens is 480 g/mol. The van der Waals surface area contributed by atoms with Gasteiger partial charge in [0, 0.05) is 0 Å². The van der Waals surface area contributed by atoms with Crippen LogP contribution in [0.15, 0.2) is 0 Å². The van der Waals surface area contributed by atoms with Crippen molar-refractivity contribution in [3.05, 3.63) is 0 Å². The number of rotatable bonds is 34. The summed E-state index contributed by atoms with van der Waals surface area (Å²) in [6.45, 7) is 12.1. The Morgan fingerprint density at radius 3 is 0.700 bits per heavy atom. The zero-order valence-corrected chi connectivity index (χ0v) is 29.4. The molecule has 3 unspecified atom stereocenters. The van der Waals surface area contributed by atoms with Gasteiger partial charge in [0.2, 0.25) is 0 Å². The Bertz CT molecular complexity index is 439. The van der Waals surface area contributed by atoms with Gasteiger partial charge in [-0.2, -0.15) is 0 Å². The highest BCUT2D eigenvalue weighted by molar-refractivity contribution is 4.60. The maximum Gasteiger partial charge on any atom is -0.0443 e. The summed E-state index contributed by atoms with van der Waals surface area (Å²) in [6.07, 6.45) is 47.0. The first-order chi connectivity index (χ1) is 19.6. The van der Waals surface area contributed by atoms with Crippen molar-refractivity contribution >= 4 is 0 Å². The molecule has 0 spiro atoms. The molecule has 0 aliphatic carbocycles. The second-order valence-electron chi connectivity index (χ2n) is 14.5. The van der Waals surface area contributed by atoms with E-state index in [4.69, 9.17) is 0 Å². The molecule has 0 fully saturated rings. The quantitative estimate of drug-likeness (QED) is 0.0684. The summed E-state index contributed by atoms with van der Waals surface area (Å²) < 4.78 is 0. The largest absolute Gasteiger partial charge is 0.0654 e. The molecule has 0 radical (unpaired) electrons. The zero-order chi connectivity index (χ0) is 29.4. The summed E-state index contributed by atoms with van der Waals surface area (Å²) in [4.78, 5) is 0. The van der Waals surface area contributed by atoms with E-state index < -0.39 is 0 Å². The van der Waals surface area contributed by atoms with Gasteiger partial charge in [0.1, 0.15) is 0 Å². The van der Waals surface area contributed by atoms with Crippen molar-refractivity contribution in [3.63, 3.8) is 0 Å². The molecule has 3 atom stereocenters. The van der Waals surface area contributed by atoms with E-state index in [9.17, 15) is 0 Å². The lowest BCUT2D eigenvalue weighted by molar-refractivity contribution is 0.390. The fraction of sp³-hybridized carbons (Fsp3) is 1.00. The van der Waals surface area contributed by atoms with Crippen LogP contribution in [0.1, 0.15) is 240 Å². The van der Waals surface area contributed by atoms with E-state index >= 15 is 0 Å². The van der Waals surface area contributed by atoms with Crippen LogP contribution in [-0.4, -0.2) is 0 Å². The Balaban J connectivity index is 3.29. The van der Waals surface area contributed by atoms with Gasteiger partial charge in [-0.3, -0.25) is 0 Å². The van der Waals surface area contributed by atoms with E-state index in [1.807, 2.05) is 0 Å². The van der Waals surface area contributed by atoms with Gasteiger partial charge < -0.3 is 0 Å². The minimum atomic E-state index is 0.951. The molecule has 0 heteroatoms. The van der Waals surface area contributed by atoms with Gasteiger partial charge >= 0.3 is 0 Å². The Kier molecular flexibility index (Phi) is 33.5. The first kappa shape index (κ1) is 40.0.